The molecule has 0 spiro atoms. The summed E-state index contributed by atoms with van der Waals surface area (Å²) in [7, 11) is 0. The van der Waals surface area contributed by atoms with Gasteiger partial charge in [-0.2, -0.15) is 0 Å². The van der Waals surface area contributed by atoms with Crippen molar-refractivity contribution >= 4 is 153 Å². The van der Waals surface area contributed by atoms with Crippen LogP contribution in [-0.4, -0.2) is 200 Å². The largest absolute Gasteiger partial charge is 0.465 e. The maximum Gasteiger partial charge on any atom is 0.303 e. The van der Waals surface area contributed by atoms with Gasteiger partial charge in [-0.25, -0.2) is 0 Å². The fourth-order valence-corrected chi connectivity index (χ4v) is 23.8. The Bertz CT molecular complexity index is 3860. The molecule has 6 aliphatic rings. The van der Waals surface area contributed by atoms with E-state index in [9.17, 15) is 67.1 Å². The zero-order chi connectivity index (χ0) is 94.0. The Labute approximate surface area is 761 Å². The number of ether oxygens (including phenoxy) is 10. The van der Waals surface area contributed by atoms with Gasteiger partial charge < -0.3 is 74.4 Å². The van der Waals surface area contributed by atoms with E-state index in [1.807, 2.05) is 90.9 Å². The molecule has 0 aromatic heterocycles. The van der Waals surface area contributed by atoms with E-state index >= 15 is 0 Å². The standard InChI is InChI=1S/C24H29NO5S.C20H33NO5S.C18H31NO5S.C17H29NO5S.C12H21NO4S/c1-14-15(2)23(24(30-17(4)27)31-21(14)13-29-16(3)26)25-22(28)12-19-10-7-9-18-8-5-6-11-20(18)19;1-12-13(2)19(21-18(24)10-16-8-6-5-7-9-16)20(26-15(4)23)27-17(12)11-25-14(3)22;1-6-7-8-9-16(22)19-17-12(3)11(2)15(10-23-13(4)20)25-18(17)24-14(5)21;1-9-10(2)14(18-16(21)17(5,6)7)15(23-12(4)20)24-13(9)8-22-11(3)19;1-6-7(2)11(13)12(17-9(4)15)18-10(6)5-16-8(3)14/h5-11,14-15,21,23-24H,12-13H2,1-4H3,(H,25,28);12-13,16-17,19-20H,5-11H2,1-4H3,(H,21,24);11-12,15,17-18H,6-10H2,1-5H3,(H,19,22);9-10,13-15H,8H2,1-7H3,(H,18,21);6-7,10-12H,5,13H2,1-4H3. The molecule has 8 rings (SSSR count). The van der Waals surface area contributed by atoms with Gasteiger partial charge in [-0.3, -0.25) is 67.1 Å². The predicted molar refractivity (Wildman–Crippen MR) is 488 cm³/mol. The van der Waals surface area contributed by atoms with Crippen LogP contribution in [0.25, 0.3) is 10.8 Å². The summed E-state index contributed by atoms with van der Waals surface area (Å²) in [4.78, 5) is 163. The van der Waals surface area contributed by atoms with Gasteiger partial charge in [-0.05, 0) is 101 Å². The SMILES string of the molecule is CC(=O)OCC1SC(OC(C)=O)C(N)C(C)C1C.CC(=O)OCC1SC(OC(C)=O)C(NC(=O)C(C)(C)C)C(C)C1C.CC(=O)OCC1SC(OC(C)=O)C(NC(=O)CC2CCCCC2)C(C)C1C.CC(=O)OCC1SC(OC(C)=O)C(NC(=O)Cc2cccc3ccccc23)C(C)C1C.CCCCCC(=O)NC1C(OC(C)=O)SC(COC(C)=O)C(C)C1C. The number of carbonyl (C=O) groups is 14. The van der Waals surface area contributed by atoms with E-state index in [1.54, 1.807) is 0 Å². The third-order valence-corrected chi connectivity index (χ3v) is 31.9. The first-order chi connectivity index (χ1) is 58.5. The lowest BCUT2D eigenvalue weighted by Crippen LogP contribution is -2.56. The van der Waals surface area contributed by atoms with Crippen molar-refractivity contribution in [3.8, 4) is 0 Å². The molecule has 25 unspecified atom stereocenters. The molecule has 0 bridgehead atoms. The predicted octanol–water partition coefficient (Wildman–Crippen LogP) is 13.4. The molecule has 1 aliphatic carbocycles. The summed E-state index contributed by atoms with van der Waals surface area (Å²) >= 11 is 7.29. The fourth-order valence-electron chi connectivity index (χ4n) is 15.5. The molecule has 125 heavy (non-hydrogen) atoms. The number of nitrogens with one attached hydrogen (secondary N) is 4. The zero-order valence-electron chi connectivity index (χ0n) is 77.8. The normalized spacial score (nSPS) is 30.0. The molecular formula is C91H143N5O24S5. The van der Waals surface area contributed by atoms with Crippen LogP contribution in [0.1, 0.15) is 236 Å². The molecule has 6 N–H and O–H groups in total. The summed E-state index contributed by atoms with van der Waals surface area (Å²) in [5.74, 6) is -1.62. The number of rotatable bonds is 27. The van der Waals surface area contributed by atoms with Crippen LogP contribution in [0.2, 0.25) is 0 Å². The Kier molecular flexibility index (Phi) is 48.1. The number of nitrogens with two attached hydrogens (primary N) is 1. The monoisotopic (exact) mass is 1850 g/mol. The van der Waals surface area contributed by atoms with Gasteiger partial charge in [-0.1, -0.05) is 172 Å². The van der Waals surface area contributed by atoms with E-state index in [2.05, 4.69) is 69.7 Å². The molecule has 34 heteroatoms. The van der Waals surface area contributed by atoms with Crippen LogP contribution in [0, 0.1) is 70.5 Å². The minimum atomic E-state index is -0.541. The number of amides is 4. The highest BCUT2D eigenvalue weighted by atomic mass is 32.2. The molecule has 25 atom stereocenters. The van der Waals surface area contributed by atoms with Crippen molar-refractivity contribution in [1.29, 1.82) is 0 Å². The zero-order valence-corrected chi connectivity index (χ0v) is 81.9. The Morgan fingerprint density at radius 3 is 1.02 bits per heavy atom. The molecule has 0 radical (unpaired) electrons. The minimum absolute atomic E-state index is 0.00584. The van der Waals surface area contributed by atoms with Gasteiger partial charge in [0.1, 0.15) is 33.0 Å². The van der Waals surface area contributed by atoms with Crippen LogP contribution in [0.3, 0.4) is 0 Å². The summed E-state index contributed by atoms with van der Waals surface area (Å²) in [6.45, 7) is 43.3. The van der Waals surface area contributed by atoms with Crippen LogP contribution in [0.15, 0.2) is 42.5 Å². The van der Waals surface area contributed by atoms with Gasteiger partial charge in [0.15, 0.2) is 27.2 Å². The number of benzene rings is 2. The number of hydrogen-bond donors (Lipinski definition) is 5. The van der Waals surface area contributed by atoms with Crippen LogP contribution < -0.4 is 27.0 Å². The molecule has 2 aromatic carbocycles. The first-order valence-electron chi connectivity index (χ1n) is 43.8. The second kappa shape index (κ2) is 54.5. The number of fused-ring (bicyclic) bond motifs is 1. The van der Waals surface area contributed by atoms with Gasteiger partial charge in [0.2, 0.25) is 23.6 Å². The van der Waals surface area contributed by atoms with Gasteiger partial charge in [-0.15, -0.1) is 58.8 Å². The second-order valence-corrected chi connectivity index (χ2v) is 41.7. The lowest BCUT2D eigenvalue weighted by Gasteiger charge is -2.44. The van der Waals surface area contributed by atoms with Crippen LogP contribution >= 0.6 is 58.8 Å². The summed E-state index contributed by atoms with van der Waals surface area (Å²) < 4.78 is 52.9. The van der Waals surface area contributed by atoms with Gasteiger partial charge in [0.25, 0.3) is 0 Å². The van der Waals surface area contributed by atoms with E-state index in [1.165, 1.54) is 147 Å². The lowest BCUT2D eigenvalue weighted by molar-refractivity contribution is -0.147. The summed E-state index contributed by atoms with van der Waals surface area (Å²) in [6.07, 6.45) is 10.2. The molecule has 5 heterocycles. The summed E-state index contributed by atoms with van der Waals surface area (Å²) in [5.41, 5.74) is 4.16. The highest BCUT2D eigenvalue weighted by Crippen LogP contribution is 2.46. The van der Waals surface area contributed by atoms with E-state index in [0.29, 0.717) is 31.3 Å². The molecular weight excluding hydrogens is 1710 g/mol. The second-order valence-electron chi connectivity index (χ2n) is 35.0. The quantitative estimate of drug-likeness (QED) is 0.0315. The minimum Gasteiger partial charge on any atom is -0.465 e. The number of hydrogen-bond acceptors (Lipinski definition) is 30. The Morgan fingerprint density at radius 2 is 0.680 bits per heavy atom. The van der Waals surface area contributed by atoms with E-state index in [-0.39, 0.29) is 219 Å². The Morgan fingerprint density at radius 1 is 0.368 bits per heavy atom. The average molecular weight is 1850 g/mol. The topological polar surface area (TPSA) is 405 Å². The highest BCUT2D eigenvalue weighted by molar-refractivity contribution is 8.01. The number of carbonyl (C=O) groups excluding carboxylic acids is 14. The van der Waals surface area contributed by atoms with Crippen molar-refractivity contribution in [2.45, 2.75) is 320 Å². The highest BCUT2D eigenvalue weighted by Gasteiger charge is 2.49. The van der Waals surface area contributed by atoms with Gasteiger partial charge in [0.05, 0.1) is 36.6 Å². The van der Waals surface area contributed by atoms with Crippen LogP contribution in [0.5, 0.6) is 0 Å². The molecule has 2 aromatic rings. The average Bonchev–Trinajstić information content (AvgIpc) is 0.805. The number of esters is 10. The molecule has 706 valence electrons. The van der Waals surface area contributed by atoms with Crippen molar-refractivity contribution in [3.63, 3.8) is 0 Å². The molecule has 6 fully saturated rings. The first kappa shape index (κ1) is 110. The first-order valence-corrected chi connectivity index (χ1v) is 48.5. The number of unbranched alkanes of at least 4 members (excludes halogenated alkanes) is 2. The molecule has 5 aliphatic heterocycles. The van der Waals surface area contributed by atoms with Crippen molar-refractivity contribution in [2.75, 3.05) is 33.0 Å². The Hall–Kier alpha value is -7.01. The van der Waals surface area contributed by atoms with E-state index in [0.717, 1.165) is 48.4 Å². The molecule has 29 nitrogen and oxygen atoms in total. The van der Waals surface area contributed by atoms with Gasteiger partial charge in [0, 0.05) is 114 Å². The Balaban J connectivity index is 0.000000331. The maximum atomic E-state index is 13.0. The number of thioether (sulfide) groups is 5. The fraction of sp³-hybridized carbons (Fsp3) is 0.736. The molecule has 4 amide bonds. The van der Waals surface area contributed by atoms with E-state index < -0.39 is 39.1 Å². The van der Waals surface area contributed by atoms with E-state index in [4.69, 9.17) is 53.1 Å². The van der Waals surface area contributed by atoms with Crippen molar-refractivity contribution < 1.29 is 114 Å². The molecule has 5 saturated heterocycles. The lowest BCUT2D eigenvalue weighted by atomic mass is 9.84. The van der Waals surface area contributed by atoms with Crippen LogP contribution in [0.4, 0.5) is 0 Å². The summed E-state index contributed by atoms with van der Waals surface area (Å²) in [6, 6.07) is 12.6. The maximum absolute atomic E-state index is 13.0. The summed E-state index contributed by atoms with van der Waals surface area (Å²) in [5, 5.41) is 14.6. The van der Waals surface area contributed by atoms with Crippen molar-refractivity contribution in [1.82, 2.24) is 21.3 Å². The molecule has 1 saturated carbocycles. The van der Waals surface area contributed by atoms with Crippen LogP contribution in [-0.2, 0) is 121 Å². The smallest absolute Gasteiger partial charge is 0.303 e. The van der Waals surface area contributed by atoms with Crippen molar-refractivity contribution in [2.24, 2.45) is 76.2 Å². The third-order valence-electron chi connectivity index (χ3n) is 24.0. The van der Waals surface area contributed by atoms with Crippen molar-refractivity contribution in [3.05, 3.63) is 48.0 Å². The third kappa shape index (κ3) is 37.9. The van der Waals surface area contributed by atoms with Gasteiger partial charge >= 0.3 is 59.7 Å².